The summed E-state index contributed by atoms with van der Waals surface area (Å²) in [6.45, 7) is 1.88. The molecule has 1 heterocycles. The Labute approximate surface area is 185 Å². The number of benzene rings is 2. The summed E-state index contributed by atoms with van der Waals surface area (Å²) in [5.74, 6) is -1.21. The first-order chi connectivity index (χ1) is 14.8. The summed E-state index contributed by atoms with van der Waals surface area (Å²) in [5.41, 5.74) is 3.63. The number of amides is 1. The molecule has 0 atom stereocenters. The van der Waals surface area contributed by atoms with E-state index in [9.17, 15) is 18.0 Å². The summed E-state index contributed by atoms with van der Waals surface area (Å²) >= 11 is 1.30. The van der Waals surface area contributed by atoms with Gasteiger partial charge in [0.25, 0.3) is 5.91 Å². The second-order valence-corrected chi connectivity index (χ2v) is 10.1. The number of carbonyl (C=O) groups is 2. The molecule has 160 valence electrons. The first kappa shape index (κ1) is 21.3. The number of sulfonamides is 1. The lowest BCUT2D eigenvalue weighted by atomic mass is 9.91. The molecule has 8 heteroatoms. The largest absolute Gasteiger partial charge is 0.462 e. The standard InChI is InChI=1S/C23H21NO5S2/c1-3-29-23(26)17-8-6-9-18(13-17)24(31(2,27)28)22(25)20-14-16-12-11-15-7-4-5-10-19(15)21(16)30-20/h4-10,13-14H,3,11-12H2,1-2H3. The van der Waals surface area contributed by atoms with Gasteiger partial charge in [0, 0.05) is 4.88 Å². The van der Waals surface area contributed by atoms with E-state index >= 15 is 0 Å². The Morgan fingerprint density at radius 2 is 1.77 bits per heavy atom. The van der Waals surface area contributed by atoms with E-state index in [1.165, 1.54) is 41.2 Å². The van der Waals surface area contributed by atoms with Crippen LogP contribution in [0.2, 0.25) is 0 Å². The second kappa shape index (κ2) is 8.28. The second-order valence-electron chi connectivity index (χ2n) is 7.23. The maximum absolute atomic E-state index is 13.4. The van der Waals surface area contributed by atoms with E-state index in [1.54, 1.807) is 13.0 Å². The minimum atomic E-state index is -3.94. The fourth-order valence-corrected chi connectivity index (χ4v) is 5.86. The average molecular weight is 456 g/mol. The van der Waals surface area contributed by atoms with Gasteiger partial charge in [-0.1, -0.05) is 30.3 Å². The molecule has 0 saturated heterocycles. The Balaban J connectivity index is 1.75. The average Bonchev–Trinajstić information content (AvgIpc) is 3.18. The molecule has 3 aromatic rings. The van der Waals surface area contributed by atoms with Crippen molar-refractivity contribution in [1.82, 2.24) is 0 Å². The van der Waals surface area contributed by atoms with Crippen LogP contribution >= 0.6 is 11.3 Å². The third kappa shape index (κ3) is 4.13. The molecule has 0 spiro atoms. The molecular formula is C23H21NO5S2. The number of ether oxygens (including phenoxy) is 1. The molecule has 31 heavy (non-hydrogen) atoms. The van der Waals surface area contributed by atoms with Crippen LogP contribution in [0.3, 0.4) is 0 Å². The van der Waals surface area contributed by atoms with Gasteiger partial charge >= 0.3 is 5.97 Å². The van der Waals surface area contributed by atoms with Crippen LogP contribution in [0.4, 0.5) is 5.69 Å². The van der Waals surface area contributed by atoms with E-state index < -0.39 is 21.9 Å². The molecule has 0 unspecified atom stereocenters. The van der Waals surface area contributed by atoms with Crippen molar-refractivity contribution in [2.75, 3.05) is 17.2 Å². The van der Waals surface area contributed by atoms with Crippen LogP contribution in [0.5, 0.6) is 0 Å². The Bertz CT molecular complexity index is 1280. The number of hydrogen-bond acceptors (Lipinski definition) is 6. The van der Waals surface area contributed by atoms with Crippen LogP contribution in [0.1, 0.15) is 38.1 Å². The van der Waals surface area contributed by atoms with Gasteiger partial charge in [-0.2, -0.15) is 0 Å². The highest BCUT2D eigenvalue weighted by atomic mass is 32.2. The molecule has 1 aliphatic rings. The van der Waals surface area contributed by atoms with Gasteiger partial charge in [-0.05, 0) is 60.7 Å². The molecule has 0 N–H and O–H groups in total. The molecule has 1 aliphatic carbocycles. The van der Waals surface area contributed by atoms with Crippen molar-refractivity contribution in [3.05, 3.63) is 76.2 Å². The number of anilines is 1. The van der Waals surface area contributed by atoms with E-state index in [0.717, 1.165) is 39.4 Å². The van der Waals surface area contributed by atoms with Gasteiger partial charge in [-0.15, -0.1) is 11.3 Å². The van der Waals surface area contributed by atoms with Crippen molar-refractivity contribution in [3.63, 3.8) is 0 Å². The maximum atomic E-state index is 13.4. The maximum Gasteiger partial charge on any atom is 0.338 e. The molecule has 2 aromatic carbocycles. The third-order valence-corrected chi connectivity index (χ3v) is 7.29. The van der Waals surface area contributed by atoms with Crippen molar-refractivity contribution < 1.29 is 22.7 Å². The van der Waals surface area contributed by atoms with E-state index in [2.05, 4.69) is 6.07 Å². The molecule has 1 aromatic heterocycles. The van der Waals surface area contributed by atoms with E-state index in [0.29, 0.717) is 4.88 Å². The summed E-state index contributed by atoms with van der Waals surface area (Å²) in [4.78, 5) is 26.8. The van der Waals surface area contributed by atoms with E-state index in [-0.39, 0.29) is 17.9 Å². The van der Waals surface area contributed by atoms with Gasteiger partial charge in [0.15, 0.2) is 0 Å². The van der Waals surface area contributed by atoms with Gasteiger partial charge in [-0.25, -0.2) is 17.5 Å². The zero-order valence-electron chi connectivity index (χ0n) is 17.1. The van der Waals surface area contributed by atoms with Crippen LogP contribution in [0.15, 0.2) is 54.6 Å². The minimum Gasteiger partial charge on any atom is -0.462 e. The third-order valence-electron chi connectivity index (χ3n) is 5.05. The highest BCUT2D eigenvalue weighted by Gasteiger charge is 2.30. The number of carbonyl (C=O) groups excluding carboxylic acids is 2. The Morgan fingerprint density at radius 3 is 2.52 bits per heavy atom. The molecule has 1 amide bonds. The van der Waals surface area contributed by atoms with Gasteiger partial charge < -0.3 is 4.74 Å². The minimum absolute atomic E-state index is 0.102. The lowest BCUT2D eigenvalue weighted by Gasteiger charge is -2.20. The molecule has 0 radical (unpaired) electrons. The Morgan fingerprint density at radius 1 is 1.03 bits per heavy atom. The van der Waals surface area contributed by atoms with Crippen LogP contribution in [0.25, 0.3) is 10.4 Å². The van der Waals surface area contributed by atoms with Crippen LogP contribution in [0, 0.1) is 0 Å². The molecule has 0 fully saturated rings. The number of esters is 1. The number of thiophene rings is 1. The molecule has 6 nitrogen and oxygen atoms in total. The Kier molecular flexibility index (Phi) is 5.68. The molecule has 4 rings (SSSR count). The quantitative estimate of drug-likeness (QED) is 0.536. The highest BCUT2D eigenvalue weighted by molar-refractivity contribution is 7.92. The van der Waals surface area contributed by atoms with Crippen LogP contribution in [-0.4, -0.2) is 33.2 Å². The topological polar surface area (TPSA) is 80.8 Å². The first-order valence-electron chi connectivity index (χ1n) is 9.82. The smallest absolute Gasteiger partial charge is 0.338 e. The molecule has 0 aliphatic heterocycles. The van der Waals surface area contributed by atoms with Gasteiger partial charge in [0.05, 0.1) is 29.0 Å². The van der Waals surface area contributed by atoms with Gasteiger partial charge in [0.2, 0.25) is 10.0 Å². The first-order valence-corrected chi connectivity index (χ1v) is 12.5. The lowest BCUT2D eigenvalue weighted by Crippen LogP contribution is -2.35. The SMILES string of the molecule is CCOC(=O)c1cccc(N(C(=O)c2cc3c(s2)-c2ccccc2CC3)S(C)(=O)=O)c1. The summed E-state index contributed by atoms with van der Waals surface area (Å²) in [5, 5.41) is 0. The zero-order valence-corrected chi connectivity index (χ0v) is 18.8. The summed E-state index contributed by atoms with van der Waals surface area (Å²) in [6, 6.07) is 15.7. The fraction of sp³-hybridized carbons (Fsp3) is 0.217. The predicted molar refractivity (Wildman–Crippen MR) is 121 cm³/mol. The number of fused-ring (bicyclic) bond motifs is 3. The number of hydrogen-bond donors (Lipinski definition) is 0. The van der Waals surface area contributed by atoms with Crippen molar-refractivity contribution in [2.24, 2.45) is 0 Å². The van der Waals surface area contributed by atoms with Crippen molar-refractivity contribution in [3.8, 4) is 10.4 Å². The van der Waals surface area contributed by atoms with Crippen LogP contribution < -0.4 is 4.31 Å². The molecular weight excluding hydrogens is 434 g/mol. The number of rotatable bonds is 5. The van der Waals surface area contributed by atoms with Crippen molar-refractivity contribution in [2.45, 2.75) is 19.8 Å². The monoisotopic (exact) mass is 455 g/mol. The normalized spacial score (nSPS) is 12.6. The molecule has 0 bridgehead atoms. The van der Waals surface area contributed by atoms with Crippen molar-refractivity contribution >= 4 is 38.9 Å². The Hall–Kier alpha value is -2.97. The molecule has 0 saturated carbocycles. The highest BCUT2D eigenvalue weighted by Crippen LogP contribution is 2.40. The lowest BCUT2D eigenvalue weighted by molar-refractivity contribution is 0.0526. The summed E-state index contributed by atoms with van der Waals surface area (Å²) < 4.78 is 30.9. The van der Waals surface area contributed by atoms with E-state index in [1.807, 2.05) is 18.2 Å². The van der Waals surface area contributed by atoms with Crippen LogP contribution in [-0.2, 0) is 27.6 Å². The number of aryl methyl sites for hydroxylation is 2. The predicted octanol–water partition coefficient (Wildman–Crippen LogP) is 4.30. The van der Waals surface area contributed by atoms with Gasteiger partial charge in [-0.3, -0.25) is 4.79 Å². The van der Waals surface area contributed by atoms with E-state index in [4.69, 9.17) is 4.74 Å². The number of nitrogens with zero attached hydrogens (tertiary/aromatic N) is 1. The zero-order chi connectivity index (χ0) is 22.2. The van der Waals surface area contributed by atoms with Crippen molar-refractivity contribution in [1.29, 1.82) is 0 Å². The fourth-order valence-electron chi connectivity index (χ4n) is 3.71. The summed E-state index contributed by atoms with van der Waals surface area (Å²) in [6.07, 6.45) is 2.66. The van der Waals surface area contributed by atoms with Gasteiger partial charge in [0.1, 0.15) is 0 Å². The summed E-state index contributed by atoms with van der Waals surface area (Å²) in [7, 11) is -3.94.